The Kier molecular flexibility index (Phi) is 4.17. The molecule has 3 heterocycles. The second-order valence-electron chi connectivity index (χ2n) is 5.51. The zero-order valence-electron chi connectivity index (χ0n) is 11.6. The lowest BCUT2D eigenvalue weighted by molar-refractivity contribution is 0.226. The average Bonchev–Trinajstić information content (AvgIpc) is 2.46. The van der Waals surface area contributed by atoms with Crippen molar-refractivity contribution in [3.8, 4) is 0 Å². The van der Waals surface area contributed by atoms with Crippen molar-refractivity contribution < 1.29 is 0 Å². The number of pyridine rings is 2. The summed E-state index contributed by atoms with van der Waals surface area (Å²) in [5.41, 5.74) is 2.96. The third kappa shape index (κ3) is 3.10. The summed E-state index contributed by atoms with van der Waals surface area (Å²) in [6.07, 6.45) is 6.20. The van der Waals surface area contributed by atoms with Gasteiger partial charge in [-0.15, -0.1) is 0 Å². The second-order valence-corrected chi connectivity index (χ2v) is 6.42. The lowest BCUT2D eigenvalue weighted by atomic mass is 9.97. The van der Waals surface area contributed by atoms with Crippen molar-refractivity contribution in [2.75, 3.05) is 32.0 Å². The third-order valence-corrected chi connectivity index (χ3v) is 4.40. The quantitative estimate of drug-likeness (QED) is 0.936. The Labute approximate surface area is 127 Å². The number of anilines is 1. The minimum Gasteiger partial charge on any atom is -0.383 e. The molecule has 0 spiro atoms. The van der Waals surface area contributed by atoms with Gasteiger partial charge in [0.05, 0.1) is 11.2 Å². The molecule has 1 N–H and O–H groups in total. The number of likely N-dealkylation sites (tertiary alicyclic amines) is 1. The minimum atomic E-state index is 0.755. The molecule has 5 heteroatoms. The fourth-order valence-corrected chi connectivity index (χ4v) is 2.99. The number of hydrogen-bond donors (Lipinski definition) is 1. The predicted octanol–water partition coefficient (Wildman–Crippen LogP) is 3.15. The van der Waals surface area contributed by atoms with Crippen LogP contribution in [0.2, 0.25) is 0 Å². The maximum atomic E-state index is 4.48. The maximum Gasteiger partial charge on any atom is 0.112 e. The highest BCUT2D eigenvalue weighted by atomic mass is 79.9. The molecule has 0 bridgehead atoms. The van der Waals surface area contributed by atoms with Gasteiger partial charge in [0, 0.05) is 23.4 Å². The van der Waals surface area contributed by atoms with Crippen LogP contribution in [0.1, 0.15) is 12.8 Å². The number of piperidine rings is 1. The summed E-state index contributed by atoms with van der Waals surface area (Å²) in [4.78, 5) is 11.2. The van der Waals surface area contributed by atoms with Crippen molar-refractivity contribution in [2.45, 2.75) is 12.8 Å². The molecule has 0 unspecified atom stereocenters. The summed E-state index contributed by atoms with van der Waals surface area (Å²) in [5, 5.41) is 3.56. The first-order valence-electron chi connectivity index (χ1n) is 7.05. The summed E-state index contributed by atoms with van der Waals surface area (Å²) < 4.78 is 0.963. The molecule has 0 amide bonds. The van der Waals surface area contributed by atoms with Crippen molar-refractivity contribution in [1.82, 2.24) is 14.9 Å². The van der Waals surface area contributed by atoms with Gasteiger partial charge in [-0.05, 0) is 67.0 Å². The lowest BCUT2D eigenvalue weighted by Gasteiger charge is -2.29. The zero-order valence-corrected chi connectivity index (χ0v) is 13.2. The molecule has 0 aliphatic carbocycles. The molecule has 20 heavy (non-hydrogen) atoms. The molecular formula is C15H19BrN4. The van der Waals surface area contributed by atoms with Gasteiger partial charge in [0.25, 0.3) is 0 Å². The molecule has 1 aliphatic heterocycles. The van der Waals surface area contributed by atoms with Crippen LogP contribution in [0.4, 0.5) is 5.69 Å². The minimum absolute atomic E-state index is 0.755. The van der Waals surface area contributed by atoms with Gasteiger partial charge in [-0.2, -0.15) is 0 Å². The molecule has 2 aromatic heterocycles. The average molecular weight is 335 g/mol. The van der Waals surface area contributed by atoms with E-state index in [9.17, 15) is 0 Å². The van der Waals surface area contributed by atoms with E-state index >= 15 is 0 Å². The maximum absolute atomic E-state index is 4.48. The SMILES string of the molecule is CN1CCC(CNc2ccnc3cc(Br)cnc23)CC1. The van der Waals surface area contributed by atoms with Crippen LogP contribution >= 0.6 is 15.9 Å². The molecule has 106 valence electrons. The van der Waals surface area contributed by atoms with Gasteiger partial charge in [-0.1, -0.05) is 0 Å². The molecule has 2 aromatic rings. The van der Waals surface area contributed by atoms with Crippen molar-refractivity contribution >= 4 is 32.7 Å². The highest BCUT2D eigenvalue weighted by molar-refractivity contribution is 9.10. The van der Waals surface area contributed by atoms with Crippen LogP contribution < -0.4 is 5.32 Å². The van der Waals surface area contributed by atoms with Crippen LogP contribution in [0.5, 0.6) is 0 Å². The van der Waals surface area contributed by atoms with Crippen LogP contribution in [0.15, 0.2) is 29.0 Å². The first-order valence-corrected chi connectivity index (χ1v) is 7.84. The smallest absolute Gasteiger partial charge is 0.112 e. The van der Waals surface area contributed by atoms with Gasteiger partial charge < -0.3 is 10.2 Å². The fourth-order valence-electron chi connectivity index (χ4n) is 2.67. The molecule has 0 saturated carbocycles. The Morgan fingerprint density at radius 3 is 2.95 bits per heavy atom. The predicted molar refractivity (Wildman–Crippen MR) is 85.9 cm³/mol. The van der Waals surface area contributed by atoms with E-state index in [1.54, 1.807) is 0 Å². The van der Waals surface area contributed by atoms with Crippen molar-refractivity contribution in [3.05, 3.63) is 29.0 Å². The van der Waals surface area contributed by atoms with Gasteiger partial charge in [0.1, 0.15) is 5.52 Å². The Morgan fingerprint density at radius 2 is 2.15 bits per heavy atom. The normalized spacial score (nSPS) is 17.5. The number of rotatable bonds is 3. The van der Waals surface area contributed by atoms with E-state index in [-0.39, 0.29) is 0 Å². The van der Waals surface area contributed by atoms with Crippen LogP contribution in [-0.2, 0) is 0 Å². The van der Waals surface area contributed by atoms with E-state index in [1.165, 1.54) is 25.9 Å². The Bertz CT molecular complexity index is 593. The Balaban J connectivity index is 1.71. The lowest BCUT2D eigenvalue weighted by Crippen LogP contribution is -2.32. The molecule has 1 fully saturated rings. The van der Waals surface area contributed by atoms with Gasteiger partial charge in [-0.25, -0.2) is 0 Å². The molecule has 0 atom stereocenters. The molecular weight excluding hydrogens is 316 g/mol. The van der Waals surface area contributed by atoms with Crippen LogP contribution in [0, 0.1) is 5.92 Å². The van der Waals surface area contributed by atoms with E-state index in [2.05, 4.69) is 43.2 Å². The van der Waals surface area contributed by atoms with Crippen molar-refractivity contribution in [2.24, 2.45) is 5.92 Å². The summed E-state index contributed by atoms with van der Waals surface area (Å²) in [6, 6.07) is 4.02. The highest BCUT2D eigenvalue weighted by Gasteiger charge is 2.16. The number of nitrogens with zero attached hydrogens (tertiary/aromatic N) is 3. The van der Waals surface area contributed by atoms with E-state index in [1.807, 2.05) is 24.5 Å². The number of halogens is 1. The van der Waals surface area contributed by atoms with E-state index in [0.717, 1.165) is 33.7 Å². The Morgan fingerprint density at radius 1 is 1.35 bits per heavy atom. The zero-order chi connectivity index (χ0) is 13.9. The van der Waals surface area contributed by atoms with E-state index in [4.69, 9.17) is 0 Å². The van der Waals surface area contributed by atoms with Crippen LogP contribution in [0.25, 0.3) is 11.0 Å². The van der Waals surface area contributed by atoms with Gasteiger partial charge in [-0.3, -0.25) is 9.97 Å². The Hall–Kier alpha value is -1.20. The summed E-state index contributed by atoms with van der Waals surface area (Å²) >= 11 is 3.44. The van der Waals surface area contributed by atoms with Crippen molar-refractivity contribution in [3.63, 3.8) is 0 Å². The van der Waals surface area contributed by atoms with Crippen molar-refractivity contribution in [1.29, 1.82) is 0 Å². The van der Waals surface area contributed by atoms with E-state index in [0.29, 0.717) is 0 Å². The second kappa shape index (κ2) is 6.06. The first-order chi connectivity index (χ1) is 9.72. The molecule has 1 aliphatic rings. The fraction of sp³-hybridized carbons (Fsp3) is 0.467. The van der Waals surface area contributed by atoms with Gasteiger partial charge >= 0.3 is 0 Å². The summed E-state index contributed by atoms with van der Waals surface area (Å²) in [6.45, 7) is 3.42. The van der Waals surface area contributed by atoms with Gasteiger partial charge in [0.2, 0.25) is 0 Å². The number of aromatic nitrogens is 2. The van der Waals surface area contributed by atoms with Gasteiger partial charge in [0.15, 0.2) is 0 Å². The van der Waals surface area contributed by atoms with Crippen LogP contribution in [-0.4, -0.2) is 41.5 Å². The number of nitrogens with one attached hydrogen (secondary N) is 1. The number of fused-ring (bicyclic) bond motifs is 1. The summed E-state index contributed by atoms with van der Waals surface area (Å²) in [5.74, 6) is 0.755. The topological polar surface area (TPSA) is 41.0 Å². The molecule has 1 saturated heterocycles. The third-order valence-electron chi connectivity index (χ3n) is 3.96. The molecule has 3 rings (SSSR count). The highest BCUT2D eigenvalue weighted by Crippen LogP contribution is 2.23. The van der Waals surface area contributed by atoms with E-state index < -0.39 is 0 Å². The summed E-state index contributed by atoms with van der Waals surface area (Å²) in [7, 11) is 2.20. The number of hydrogen-bond acceptors (Lipinski definition) is 4. The monoisotopic (exact) mass is 334 g/mol. The molecule has 4 nitrogen and oxygen atoms in total. The molecule has 0 radical (unpaired) electrons. The standard InChI is InChI=1S/C15H19BrN4/c1-20-6-3-11(4-7-20)9-18-13-2-5-17-14-8-12(16)10-19-15(13)14/h2,5,8,10-11H,3-4,6-7,9H2,1H3,(H,17,18). The first kappa shape index (κ1) is 13.8. The largest absolute Gasteiger partial charge is 0.383 e. The van der Waals surface area contributed by atoms with Crippen LogP contribution in [0.3, 0.4) is 0 Å². The molecule has 0 aromatic carbocycles.